The first-order valence-electron chi connectivity index (χ1n) is 16.9. The van der Waals surface area contributed by atoms with Gasteiger partial charge in [0, 0.05) is 43.4 Å². The Balaban J connectivity index is 1.16. The predicted molar refractivity (Wildman–Crippen MR) is 203 cm³/mol. The highest BCUT2D eigenvalue weighted by atomic mass is 16.3. The molecule has 4 heterocycles. The quantitative estimate of drug-likeness (QED) is 0.188. The summed E-state index contributed by atoms with van der Waals surface area (Å²) >= 11 is 0. The van der Waals surface area contributed by atoms with Crippen LogP contribution in [-0.2, 0) is 0 Å². The fourth-order valence-electron chi connectivity index (χ4n) is 7.46. The van der Waals surface area contributed by atoms with Crippen molar-refractivity contribution in [3.63, 3.8) is 0 Å². The summed E-state index contributed by atoms with van der Waals surface area (Å²) in [5.41, 5.74) is 9.26. The number of nitrogens with zero attached hydrogens (tertiary/aromatic N) is 3. The Kier molecular flexibility index (Phi) is 5.86. The van der Waals surface area contributed by atoms with Crippen molar-refractivity contribution in [3.05, 3.63) is 152 Å². The molecule has 0 saturated carbocycles. The highest BCUT2D eigenvalue weighted by molar-refractivity contribution is 6.18. The molecule has 6 heteroatoms. The lowest BCUT2D eigenvalue weighted by Gasteiger charge is -2.09. The third-order valence-corrected chi connectivity index (χ3v) is 9.77. The number of hydrogen-bond donors (Lipinski definition) is 0. The van der Waals surface area contributed by atoms with Gasteiger partial charge in [0.2, 0.25) is 0 Å². The highest BCUT2D eigenvalue weighted by Gasteiger charge is 2.22. The maximum absolute atomic E-state index is 6.91. The van der Waals surface area contributed by atoms with E-state index in [9.17, 15) is 0 Å². The Morgan fingerprint density at radius 3 is 1.49 bits per heavy atom. The monoisotopic (exact) mass is 655 g/mol. The van der Waals surface area contributed by atoms with Crippen molar-refractivity contribution in [2.45, 2.75) is 0 Å². The van der Waals surface area contributed by atoms with Crippen LogP contribution in [0.2, 0.25) is 0 Å². The molecule has 11 rings (SSSR count). The number of hydrogen-bond acceptors (Lipinski definition) is 6. The first-order chi connectivity index (χ1) is 25.3. The van der Waals surface area contributed by atoms with E-state index in [4.69, 9.17) is 28.2 Å². The summed E-state index contributed by atoms with van der Waals surface area (Å²) in [6, 6.07) is 51.0. The number of aromatic nitrogens is 3. The lowest BCUT2D eigenvalue weighted by atomic mass is 9.97. The summed E-state index contributed by atoms with van der Waals surface area (Å²) in [5, 5.41) is 6.20. The van der Waals surface area contributed by atoms with Gasteiger partial charge in [-0.2, -0.15) is 0 Å². The van der Waals surface area contributed by atoms with Gasteiger partial charge in [0.25, 0.3) is 0 Å². The maximum Gasteiger partial charge on any atom is 0.167 e. The van der Waals surface area contributed by atoms with E-state index in [2.05, 4.69) is 48.5 Å². The minimum absolute atomic E-state index is 0.515. The number of rotatable bonds is 4. The molecule has 0 radical (unpaired) electrons. The van der Waals surface area contributed by atoms with Gasteiger partial charge in [-0.05, 0) is 35.9 Å². The molecule has 0 N–H and O–H groups in total. The molecule has 0 bridgehead atoms. The van der Waals surface area contributed by atoms with Crippen LogP contribution in [0.5, 0.6) is 0 Å². The summed E-state index contributed by atoms with van der Waals surface area (Å²) in [6.07, 6.45) is 0. The van der Waals surface area contributed by atoms with Crippen LogP contribution >= 0.6 is 0 Å². The fourth-order valence-corrected chi connectivity index (χ4v) is 7.46. The molecule has 51 heavy (non-hydrogen) atoms. The van der Waals surface area contributed by atoms with Crippen LogP contribution in [0, 0.1) is 0 Å². The van der Waals surface area contributed by atoms with Crippen molar-refractivity contribution in [1.82, 2.24) is 15.0 Å². The average molecular weight is 656 g/mol. The van der Waals surface area contributed by atoms with Gasteiger partial charge in [0.15, 0.2) is 17.5 Å². The van der Waals surface area contributed by atoms with Crippen molar-refractivity contribution in [3.8, 4) is 45.3 Å². The third-order valence-electron chi connectivity index (χ3n) is 9.77. The van der Waals surface area contributed by atoms with E-state index in [0.29, 0.717) is 23.1 Å². The largest absolute Gasteiger partial charge is 0.456 e. The zero-order chi connectivity index (χ0) is 33.5. The van der Waals surface area contributed by atoms with Crippen LogP contribution in [0.3, 0.4) is 0 Å². The van der Waals surface area contributed by atoms with Crippen molar-refractivity contribution in [2.24, 2.45) is 0 Å². The van der Waals surface area contributed by atoms with Gasteiger partial charge in [-0.25, -0.2) is 15.0 Å². The molecule has 0 atom stereocenters. The Morgan fingerprint density at radius 2 is 0.765 bits per heavy atom. The second kappa shape index (κ2) is 10.7. The van der Waals surface area contributed by atoms with Crippen LogP contribution in [0.15, 0.2) is 165 Å². The van der Waals surface area contributed by atoms with Crippen molar-refractivity contribution in [2.75, 3.05) is 0 Å². The first kappa shape index (κ1) is 27.9. The molecular weight excluding hydrogens is 631 g/mol. The smallest absolute Gasteiger partial charge is 0.167 e. The summed E-state index contributed by atoms with van der Waals surface area (Å²) in [5.74, 6) is 1.60. The molecule has 6 nitrogen and oxygen atoms in total. The first-order valence-corrected chi connectivity index (χ1v) is 16.9. The molecule has 0 aliphatic rings. The summed E-state index contributed by atoms with van der Waals surface area (Å²) < 4.78 is 19.6. The van der Waals surface area contributed by atoms with Crippen LogP contribution < -0.4 is 0 Å². The lowest BCUT2D eigenvalue weighted by Crippen LogP contribution is -2.00. The molecule has 0 fully saturated rings. The minimum atomic E-state index is 0.515. The average Bonchev–Trinajstić information content (AvgIpc) is 3.89. The molecule has 4 aromatic heterocycles. The van der Waals surface area contributed by atoms with Crippen molar-refractivity contribution >= 4 is 65.8 Å². The van der Waals surface area contributed by atoms with E-state index >= 15 is 0 Å². The summed E-state index contributed by atoms with van der Waals surface area (Å²) in [7, 11) is 0. The fraction of sp³-hybridized carbons (Fsp3) is 0. The van der Waals surface area contributed by atoms with Crippen molar-refractivity contribution in [1.29, 1.82) is 0 Å². The molecule has 0 unspecified atom stereocenters. The summed E-state index contributed by atoms with van der Waals surface area (Å²) in [6.45, 7) is 0. The normalized spacial score (nSPS) is 11.9. The van der Waals surface area contributed by atoms with E-state index in [0.717, 1.165) is 88.0 Å². The topological polar surface area (TPSA) is 78.1 Å². The minimum Gasteiger partial charge on any atom is -0.456 e. The molecular formula is C45H25N3O3. The van der Waals surface area contributed by atoms with E-state index in [1.807, 2.05) is 103 Å². The number of fused-ring (bicyclic) bond motifs is 9. The Bertz CT molecular complexity index is 3150. The molecule has 0 aliphatic carbocycles. The zero-order valence-corrected chi connectivity index (χ0v) is 27.0. The molecule has 11 aromatic rings. The number of benzene rings is 7. The van der Waals surface area contributed by atoms with Crippen molar-refractivity contribution < 1.29 is 13.3 Å². The molecule has 7 aromatic carbocycles. The Hall–Kier alpha value is -7.05. The molecule has 0 saturated heterocycles. The van der Waals surface area contributed by atoms with Crippen LogP contribution in [0.1, 0.15) is 0 Å². The van der Waals surface area contributed by atoms with Gasteiger partial charge in [0.1, 0.15) is 33.5 Å². The van der Waals surface area contributed by atoms with Gasteiger partial charge >= 0.3 is 0 Å². The predicted octanol–water partition coefficient (Wildman–Crippen LogP) is 12.2. The summed E-state index contributed by atoms with van der Waals surface area (Å²) in [4.78, 5) is 15.2. The van der Waals surface area contributed by atoms with E-state index in [-0.39, 0.29) is 0 Å². The van der Waals surface area contributed by atoms with Gasteiger partial charge < -0.3 is 13.3 Å². The Morgan fingerprint density at radius 1 is 0.294 bits per heavy atom. The lowest BCUT2D eigenvalue weighted by molar-refractivity contribution is 0.668. The van der Waals surface area contributed by atoms with E-state index < -0.39 is 0 Å². The third kappa shape index (κ3) is 4.20. The zero-order valence-electron chi connectivity index (χ0n) is 27.0. The van der Waals surface area contributed by atoms with Gasteiger partial charge in [-0.3, -0.25) is 0 Å². The van der Waals surface area contributed by atoms with E-state index in [1.54, 1.807) is 0 Å². The Labute approximate surface area is 290 Å². The molecule has 0 aliphatic heterocycles. The van der Waals surface area contributed by atoms with Crippen LogP contribution in [0.25, 0.3) is 111 Å². The molecule has 0 spiro atoms. The highest BCUT2D eigenvalue weighted by Crippen LogP contribution is 2.43. The van der Waals surface area contributed by atoms with Gasteiger partial charge in [-0.1, -0.05) is 121 Å². The molecule has 238 valence electrons. The van der Waals surface area contributed by atoms with Crippen LogP contribution in [-0.4, -0.2) is 15.0 Å². The maximum atomic E-state index is 6.91. The number of furan rings is 3. The molecule has 0 amide bonds. The standard InChI is InChI=1S/C45H25N3O3/c1-2-12-26(13-3-1)43-46-44(34-21-9-17-29-27-14-4-6-23-36(27)50-41(29)34)48-45(47-43)35-22-10-20-32-31-19-8-18-30(40(31)51-42(32)35)28-16-11-25-38-39(28)33-15-5-7-24-37(33)49-38/h1-25H. The van der Waals surface area contributed by atoms with E-state index in [1.165, 1.54) is 0 Å². The second-order valence-corrected chi connectivity index (χ2v) is 12.7. The SMILES string of the molecule is c1ccc(-c2nc(-c3cccc4c3oc3ccccc34)nc(-c3cccc4c3oc3c(-c5cccc6oc7ccccc7c56)cccc34)n2)cc1. The number of para-hydroxylation sites is 5. The van der Waals surface area contributed by atoms with Gasteiger partial charge in [0.05, 0.1) is 11.1 Å². The van der Waals surface area contributed by atoms with Crippen LogP contribution in [0.4, 0.5) is 0 Å². The van der Waals surface area contributed by atoms with Gasteiger partial charge in [-0.15, -0.1) is 0 Å². The second-order valence-electron chi connectivity index (χ2n) is 12.7.